The van der Waals surface area contributed by atoms with Crippen molar-refractivity contribution in [2.75, 3.05) is 23.7 Å². The minimum absolute atomic E-state index is 0.00209. The summed E-state index contributed by atoms with van der Waals surface area (Å²) < 4.78 is 7.88. The number of ketones is 1. The highest BCUT2D eigenvalue weighted by atomic mass is 16.3. The summed E-state index contributed by atoms with van der Waals surface area (Å²) in [6, 6.07) is 28.9. The van der Waals surface area contributed by atoms with Gasteiger partial charge in [0.1, 0.15) is 17.3 Å². The predicted molar refractivity (Wildman–Crippen MR) is 188 cm³/mol. The number of para-hydroxylation sites is 1. The SMILES string of the molecule is Cc1ccc(-n2nc(C(C)(C)C)cc2NC(=O)Nc2ccccc2C(C(=O)c2cc(-c3ccccc3)oc2C)C2CCNCC2)cc1. The van der Waals surface area contributed by atoms with Crippen molar-refractivity contribution < 1.29 is 14.0 Å². The van der Waals surface area contributed by atoms with Gasteiger partial charge in [-0.3, -0.25) is 10.1 Å². The van der Waals surface area contributed by atoms with Gasteiger partial charge >= 0.3 is 6.03 Å². The number of carbonyl (C=O) groups is 2. The van der Waals surface area contributed by atoms with Crippen LogP contribution < -0.4 is 16.0 Å². The van der Waals surface area contributed by atoms with Crippen LogP contribution in [0.4, 0.5) is 16.3 Å². The van der Waals surface area contributed by atoms with Gasteiger partial charge in [0.05, 0.1) is 22.9 Å². The smallest absolute Gasteiger partial charge is 0.324 e. The van der Waals surface area contributed by atoms with Gasteiger partial charge in [0, 0.05) is 22.7 Å². The number of hydrogen-bond acceptors (Lipinski definition) is 5. The van der Waals surface area contributed by atoms with Gasteiger partial charge in [0.25, 0.3) is 0 Å². The first kappa shape index (κ1) is 32.0. The number of rotatable bonds is 8. The van der Waals surface area contributed by atoms with Crippen LogP contribution in [0, 0.1) is 19.8 Å². The third kappa shape index (κ3) is 7.08. The van der Waals surface area contributed by atoms with E-state index < -0.39 is 11.9 Å². The predicted octanol–water partition coefficient (Wildman–Crippen LogP) is 8.66. The lowest BCUT2D eigenvalue weighted by Crippen LogP contribution is -2.34. The summed E-state index contributed by atoms with van der Waals surface area (Å²) in [5.41, 5.74) is 5.52. The number of benzene rings is 3. The van der Waals surface area contributed by atoms with Crippen molar-refractivity contribution in [3.8, 4) is 17.0 Å². The molecule has 1 aliphatic rings. The molecule has 1 unspecified atom stereocenters. The van der Waals surface area contributed by atoms with Crippen LogP contribution in [0.5, 0.6) is 0 Å². The van der Waals surface area contributed by atoms with Gasteiger partial charge in [-0.2, -0.15) is 5.10 Å². The highest BCUT2D eigenvalue weighted by Gasteiger charge is 2.35. The number of hydrogen-bond donors (Lipinski definition) is 3. The summed E-state index contributed by atoms with van der Waals surface area (Å²) in [5.74, 6) is 1.46. The molecule has 3 heterocycles. The van der Waals surface area contributed by atoms with Gasteiger partial charge < -0.3 is 15.1 Å². The molecule has 1 atom stereocenters. The van der Waals surface area contributed by atoms with E-state index in [1.165, 1.54) is 0 Å². The Morgan fingerprint density at radius 3 is 2.28 bits per heavy atom. The highest BCUT2D eigenvalue weighted by Crippen LogP contribution is 2.39. The molecular weight excluding hydrogens is 586 g/mol. The number of aryl methyl sites for hydroxylation is 2. The Bertz CT molecular complexity index is 1860. The maximum Gasteiger partial charge on any atom is 0.324 e. The standard InChI is InChI=1S/C39H43N5O3/c1-25-15-17-29(18-16-25)44-35(24-34(43-44)39(3,4)5)42-38(46)41-32-14-10-9-13-30(32)36(28-19-21-40-22-20-28)37(45)31-23-33(47-26(31)2)27-11-7-6-8-12-27/h6-18,23-24,28,36,40H,19-22H2,1-5H3,(H2,41,42,46). The van der Waals surface area contributed by atoms with Gasteiger partial charge in [-0.05, 0) is 75.5 Å². The molecule has 0 bridgehead atoms. The van der Waals surface area contributed by atoms with Crippen molar-refractivity contribution in [1.29, 1.82) is 0 Å². The molecule has 2 amide bonds. The molecule has 242 valence electrons. The van der Waals surface area contributed by atoms with E-state index in [9.17, 15) is 9.59 Å². The van der Waals surface area contributed by atoms with Crippen LogP contribution in [-0.2, 0) is 5.41 Å². The van der Waals surface area contributed by atoms with Gasteiger partial charge in [-0.25, -0.2) is 9.48 Å². The largest absolute Gasteiger partial charge is 0.461 e. The van der Waals surface area contributed by atoms with Crippen molar-refractivity contribution in [3.05, 3.63) is 119 Å². The number of amides is 2. The van der Waals surface area contributed by atoms with Crippen molar-refractivity contribution in [2.45, 2.75) is 58.8 Å². The van der Waals surface area contributed by atoms with Crippen LogP contribution in [0.25, 0.3) is 17.0 Å². The fraction of sp³-hybridized carbons (Fsp3) is 0.308. The van der Waals surface area contributed by atoms with E-state index >= 15 is 0 Å². The molecule has 1 aliphatic heterocycles. The van der Waals surface area contributed by atoms with E-state index in [1.54, 1.807) is 4.68 Å². The Morgan fingerprint density at radius 2 is 1.57 bits per heavy atom. The number of aromatic nitrogens is 2. The Morgan fingerprint density at radius 1 is 0.894 bits per heavy atom. The van der Waals surface area contributed by atoms with Crippen LogP contribution in [-0.4, -0.2) is 34.7 Å². The van der Waals surface area contributed by atoms with Crippen molar-refractivity contribution in [1.82, 2.24) is 15.1 Å². The van der Waals surface area contributed by atoms with Crippen molar-refractivity contribution in [3.63, 3.8) is 0 Å². The molecule has 8 nitrogen and oxygen atoms in total. The molecule has 0 saturated carbocycles. The minimum atomic E-state index is -0.459. The molecule has 8 heteroatoms. The van der Waals surface area contributed by atoms with E-state index in [0.717, 1.165) is 54.0 Å². The summed E-state index contributed by atoms with van der Waals surface area (Å²) in [6.07, 6.45) is 1.70. The Hall–Kier alpha value is -4.95. The molecule has 1 fully saturated rings. The lowest BCUT2D eigenvalue weighted by molar-refractivity contribution is 0.0914. The highest BCUT2D eigenvalue weighted by molar-refractivity contribution is 6.05. The summed E-state index contributed by atoms with van der Waals surface area (Å²) >= 11 is 0. The maximum absolute atomic E-state index is 14.5. The zero-order valence-corrected chi connectivity index (χ0v) is 27.8. The van der Waals surface area contributed by atoms with Crippen LogP contribution >= 0.6 is 0 Å². The minimum Gasteiger partial charge on any atom is -0.461 e. The maximum atomic E-state index is 14.5. The second-order valence-electron chi connectivity index (χ2n) is 13.5. The quantitative estimate of drug-likeness (QED) is 0.149. The number of nitrogens with one attached hydrogen (secondary N) is 3. The molecule has 3 aromatic carbocycles. The number of nitrogens with zero attached hydrogens (tertiary/aromatic N) is 2. The van der Waals surface area contributed by atoms with Gasteiger partial charge in [0.2, 0.25) is 0 Å². The zero-order valence-electron chi connectivity index (χ0n) is 27.8. The van der Waals surface area contributed by atoms with Gasteiger partial charge in [-0.15, -0.1) is 0 Å². The van der Waals surface area contributed by atoms with Crippen LogP contribution in [0.2, 0.25) is 0 Å². The number of piperidine rings is 1. The van der Waals surface area contributed by atoms with E-state index in [1.807, 2.05) is 105 Å². The Labute approximate surface area is 276 Å². The first-order chi connectivity index (χ1) is 22.6. The lowest BCUT2D eigenvalue weighted by atomic mass is 9.75. The number of Topliss-reactive ketones (excluding diaryl/α,β-unsaturated/α-hetero) is 1. The molecule has 3 N–H and O–H groups in total. The molecule has 5 aromatic rings. The van der Waals surface area contributed by atoms with Crippen LogP contribution in [0.15, 0.2) is 95.4 Å². The molecule has 0 spiro atoms. The molecule has 6 rings (SSSR count). The summed E-state index contributed by atoms with van der Waals surface area (Å²) in [6.45, 7) is 11.8. The monoisotopic (exact) mass is 629 g/mol. The normalized spacial score (nSPS) is 14.5. The van der Waals surface area contributed by atoms with E-state index in [-0.39, 0.29) is 17.1 Å². The topological polar surface area (TPSA) is 101 Å². The molecule has 0 radical (unpaired) electrons. The van der Waals surface area contributed by atoms with Gasteiger partial charge in [0.15, 0.2) is 5.78 Å². The lowest BCUT2D eigenvalue weighted by Gasteiger charge is -2.31. The Kier molecular flexibility index (Phi) is 9.14. The number of anilines is 2. The molecule has 47 heavy (non-hydrogen) atoms. The third-order valence-corrected chi connectivity index (χ3v) is 8.92. The third-order valence-electron chi connectivity index (χ3n) is 8.92. The molecule has 1 saturated heterocycles. The first-order valence-electron chi connectivity index (χ1n) is 16.3. The van der Waals surface area contributed by atoms with Crippen molar-refractivity contribution in [2.24, 2.45) is 5.92 Å². The van der Waals surface area contributed by atoms with E-state index in [2.05, 4.69) is 36.7 Å². The summed E-state index contributed by atoms with van der Waals surface area (Å²) in [4.78, 5) is 28.3. The average Bonchev–Trinajstić information content (AvgIpc) is 3.67. The Balaban J connectivity index is 1.32. The zero-order chi connectivity index (χ0) is 33.1. The first-order valence-corrected chi connectivity index (χ1v) is 16.3. The summed E-state index contributed by atoms with van der Waals surface area (Å²) in [7, 11) is 0. The molecular formula is C39H43N5O3. The average molecular weight is 630 g/mol. The van der Waals surface area contributed by atoms with Crippen molar-refractivity contribution >= 4 is 23.3 Å². The van der Waals surface area contributed by atoms with Crippen LogP contribution in [0.1, 0.15) is 72.5 Å². The second-order valence-corrected chi connectivity index (χ2v) is 13.5. The fourth-order valence-electron chi connectivity index (χ4n) is 6.30. The summed E-state index contributed by atoms with van der Waals surface area (Å²) in [5, 5.41) is 14.4. The second kappa shape index (κ2) is 13.4. The number of furan rings is 1. The molecule has 2 aromatic heterocycles. The van der Waals surface area contributed by atoms with Gasteiger partial charge in [-0.1, -0.05) is 87.0 Å². The van der Waals surface area contributed by atoms with E-state index in [0.29, 0.717) is 28.6 Å². The number of urea groups is 1. The number of carbonyl (C=O) groups excluding carboxylic acids is 2. The molecule has 0 aliphatic carbocycles. The fourth-order valence-corrected chi connectivity index (χ4v) is 6.30. The van der Waals surface area contributed by atoms with E-state index in [4.69, 9.17) is 9.52 Å². The van der Waals surface area contributed by atoms with Crippen LogP contribution in [0.3, 0.4) is 0 Å².